The van der Waals surface area contributed by atoms with Gasteiger partial charge in [0.05, 0.1) is 4.88 Å². The molecule has 21 heavy (non-hydrogen) atoms. The fraction of sp³-hybridized carbons (Fsp3) is 0. The van der Waals surface area contributed by atoms with E-state index in [2.05, 4.69) is 25.8 Å². The summed E-state index contributed by atoms with van der Waals surface area (Å²) in [7, 11) is -3.73. The summed E-state index contributed by atoms with van der Waals surface area (Å²) >= 11 is 4.72. The summed E-state index contributed by atoms with van der Waals surface area (Å²) in [5.74, 6) is 0.0779. The molecule has 0 atom stereocenters. The Morgan fingerprint density at radius 1 is 1.19 bits per heavy atom. The second-order valence-corrected chi connectivity index (χ2v) is 7.54. The first-order valence-electron chi connectivity index (χ1n) is 5.84. The quantitative estimate of drug-likeness (QED) is 0.738. The van der Waals surface area contributed by atoms with E-state index in [1.54, 1.807) is 24.3 Å². The fourth-order valence-corrected chi connectivity index (χ4v) is 4.37. The number of anilines is 1. The van der Waals surface area contributed by atoms with Gasteiger partial charge in [0, 0.05) is 10.5 Å². The van der Waals surface area contributed by atoms with Crippen LogP contribution < -0.4 is 4.72 Å². The number of benzene rings is 1. The van der Waals surface area contributed by atoms with Crippen molar-refractivity contribution in [1.29, 1.82) is 0 Å². The van der Waals surface area contributed by atoms with Gasteiger partial charge in [-0.05, 0) is 39.5 Å². The largest absolute Gasteiger partial charge is 0.337 e. The van der Waals surface area contributed by atoms with Gasteiger partial charge in [-0.25, -0.2) is 13.1 Å². The van der Waals surface area contributed by atoms with Crippen LogP contribution in [0.25, 0.3) is 10.6 Å². The summed E-state index contributed by atoms with van der Waals surface area (Å²) in [6.07, 6.45) is 0. The highest BCUT2D eigenvalue weighted by Gasteiger charge is 2.19. The highest BCUT2D eigenvalue weighted by Crippen LogP contribution is 2.28. The molecular weight excluding hydrogens is 376 g/mol. The van der Waals surface area contributed by atoms with Crippen molar-refractivity contribution in [1.82, 2.24) is 5.16 Å². The molecular formula is C13H9BrN2O3S2. The van der Waals surface area contributed by atoms with Gasteiger partial charge in [0.15, 0.2) is 0 Å². The third kappa shape index (κ3) is 3.02. The molecule has 5 nitrogen and oxygen atoms in total. The second-order valence-electron chi connectivity index (χ2n) is 4.09. The standard InChI is InChI=1S/C13H9BrN2O3S2/c14-9-4-1-2-6-12(9)21(17,18)16-13-8-10(15-19-13)11-5-3-7-20-11/h1-8,16H. The predicted octanol–water partition coefficient (Wildman–Crippen LogP) is 3.97. The van der Waals surface area contributed by atoms with Crippen molar-refractivity contribution in [3.05, 3.63) is 52.3 Å². The lowest BCUT2D eigenvalue weighted by molar-refractivity contribution is 0.438. The third-order valence-electron chi connectivity index (χ3n) is 2.64. The van der Waals surface area contributed by atoms with E-state index in [0.717, 1.165) is 4.88 Å². The van der Waals surface area contributed by atoms with Crippen molar-refractivity contribution in [3.63, 3.8) is 0 Å². The van der Waals surface area contributed by atoms with Crippen LogP contribution in [0.1, 0.15) is 0 Å². The predicted molar refractivity (Wildman–Crippen MR) is 84.8 cm³/mol. The van der Waals surface area contributed by atoms with E-state index in [-0.39, 0.29) is 10.8 Å². The summed E-state index contributed by atoms with van der Waals surface area (Å²) in [5.41, 5.74) is 0.592. The number of thiophene rings is 1. The average Bonchev–Trinajstić information content (AvgIpc) is 3.09. The minimum atomic E-state index is -3.73. The molecule has 3 rings (SSSR count). The van der Waals surface area contributed by atoms with Crippen LogP contribution in [-0.4, -0.2) is 13.6 Å². The molecule has 0 radical (unpaired) electrons. The number of hydrogen-bond acceptors (Lipinski definition) is 5. The third-order valence-corrected chi connectivity index (χ3v) is 5.90. The SMILES string of the molecule is O=S(=O)(Nc1cc(-c2cccs2)no1)c1ccccc1Br. The van der Waals surface area contributed by atoms with E-state index in [4.69, 9.17) is 4.52 Å². The van der Waals surface area contributed by atoms with Gasteiger partial charge < -0.3 is 4.52 Å². The Bertz CT molecular complexity index is 857. The zero-order chi connectivity index (χ0) is 14.9. The van der Waals surface area contributed by atoms with Crippen LogP contribution in [0.2, 0.25) is 0 Å². The number of rotatable bonds is 4. The van der Waals surface area contributed by atoms with Crippen LogP contribution in [0.15, 0.2) is 61.7 Å². The first kappa shape index (κ1) is 14.3. The number of nitrogens with zero attached hydrogens (tertiary/aromatic N) is 1. The van der Waals surface area contributed by atoms with Crippen LogP contribution in [0.3, 0.4) is 0 Å². The van der Waals surface area contributed by atoms with Gasteiger partial charge in [-0.15, -0.1) is 11.3 Å². The van der Waals surface area contributed by atoms with Crippen LogP contribution in [0.5, 0.6) is 0 Å². The molecule has 0 aliphatic rings. The van der Waals surface area contributed by atoms with Crippen LogP contribution in [-0.2, 0) is 10.0 Å². The minimum absolute atomic E-state index is 0.0779. The Kier molecular flexibility index (Phi) is 3.83. The van der Waals surface area contributed by atoms with E-state index < -0.39 is 10.0 Å². The Hall–Kier alpha value is -1.64. The zero-order valence-electron chi connectivity index (χ0n) is 10.5. The van der Waals surface area contributed by atoms with Gasteiger partial charge in [-0.1, -0.05) is 23.4 Å². The first-order valence-corrected chi connectivity index (χ1v) is 9.00. The van der Waals surface area contributed by atoms with Gasteiger partial charge in [-0.2, -0.15) is 0 Å². The van der Waals surface area contributed by atoms with Crippen molar-refractivity contribution in [3.8, 4) is 10.6 Å². The van der Waals surface area contributed by atoms with Crippen LogP contribution in [0.4, 0.5) is 5.88 Å². The molecule has 108 valence electrons. The highest BCUT2D eigenvalue weighted by atomic mass is 79.9. The maximum Gasteiger partial charge on any atom is 0.265 e. The lowest BCUT2D eigenvalue weighted by Gasteiger charge is -2.05. The smallest absolute Gasteiger partial charge is 0.265 e. The van der Waals surface area contributed by atoms with E-state index in [0.29, 0.717) is 10.2 Å². The van der Waals surface area contributed by atoms with Gasteiger partial charge in [0.1, 0.15) is 10.6 Å². The topological polar surface area (TPSA) is 72.2 Å². The van der Waals surface area contributed by atoms with E-state index in [1.807, 2.05) is 17.5 Å². The molecule has 2 heterocycles. The van der Waals surface area contributed by atoms with Gasteiger partial charge in [0.25, 0.3) is 10.0 Å². The minimum Gasteiger partial charge on any atom is -0.337 e. The molecule has 8 heteroatoms. The van der Waals surface area contributed by atoms with Crippen molar-refractivity contribution < 1.29 is 12.9 Å². The van der Waals surface area contributed by atoms with Gasteiger partial charge in [-0.3, -0.25) is 0 Å². The lowest BCUT2D eigenvalue weighted by Crippen LogP contribution is -2.12. The number of nitrogens with one attached hydrogen (secondary N) is 1. The number of sulfonamides is 1. The Morgan fingerprint density at radius 2 is 2.00 bits per heavy atom. The maximum atomic E-state index is 12.3. The molecule has 0 spiro atoms. The number of aromatic nitrogens is 1. The first-order chi connectivity index (χ1) is 10.1. The molecule has 0 bridgehead atoms. The normalized spacial score (nSPS) is 11.5. The Balaban J connectivity index is 1.88. The number of halogens is 1. The fourth-order valence-electron chi connectivity index (χ4n) is 1.71. The molecule has 0 amide bonds. The van der Waals surface area contributed by atoms with Crippen molar-refractivity contribution in [2.45, 2.75) is 4.90 Å². The monoisotopic (exact) mass is 384 g/mol. The van der Waals surface area contributed by atoms with E-state index in [9.17, 15) is 8.42 Å². The Morgan fingerprint density at radius 3 is 2.71 bits per heavy atom. The van der Waals surface area contributed by atoms with Crippen LogP contribution in [0, 0.1) is 0 Å². The van der Waals surface area contributed by atoms with Gasteiger partial charge >= 0.3 is 0 Å². The van der Waals surface area contributed by atoms with Crippen LogP contribution >= 0.6 is 27.3 Å². The summed E-state index contributed by atoms with van der Waals surface area (Å²) in [6.45, 7) is 0. The molecule has 3 aromatic rings. The average molecular weight is 385 g/mol. The van der Waals surface area contributed by atoms with Crippen molar-refractivity contribution in [2.24, 2.45) is 0 Å². The molecule has 2 aromatic heterocycles. The molecule has 0 saturated carbocycles. The summed E-state index contributed by atoms with van der Waals surface area (Å²) in [5, 5.41) is 5.77. The molecule has 0 unspecified atom stereocenters. The second kappa shape index (κ2) is 5.63. The maximum absolute atomic E-state index is 12.3. The summed E-state index contributed by atoms with van der Waals surface area (Å²) < 4.78 is 32.5. The number of hydrogen-bond donors (Lipinski definition) is 1. The molecule has 0 aliphatic carbocycles. The molecule has 1 N–H and O–H groups in total. The molecule has 1 aromatic carbocycles. The van der Waals surface area contributed by atoms with E-state index >= 15 is 0 Å². The molecule has 0 saturated heterocycles. The highest BCUT2D eigenvalue weighted by molar-refractivity contribution is 9.10. The summed E-state index contributed by atoms with van der Waals surface area (Å²) in [4.78, 5) is 1.05. The van der Waals surface area contributed by atoms with Crippen molar-refractivity contribution >= 4 is 43.2 Å². The molecule has 0 fully saturated rings. The zero-order valence-corrected chi connectivity index (χ0v) is 13.7. The Labute approximate surface area is 133 Å². The summed E-state index contributed by atoms with van der Waals surface area (Å²) in [6, 6.07) is 11.9. The molecule has 0 aliphatic heterocycles. The van der Waals surface area contributed by atoms with Gasteiger partial charge in [0.2, 0.25) is 5.88 Å². The van der Waals surface area contributed by atoms with E-state index in [1.165, 1.54) is 17.4 Å². The lowest BCUT2D eigenvalue weighted by atomic mass is 10.3. The van der Waals surface area contributed by atoms with Crippen molar-refractivity contribution in [2.75, 3.05) is 4.72 Å².